The van der Waals surface area contributed by atoms with Gasteiger partial charge in [-0.15, -0.1) is 0 Å². The number of carbonyl (C=O) groups is 3. The van der Waals surface area contributed by atoms with Gasteiger partial charge in [0.1, 0.15) is 11.5 Å². The molecule has 0 unspecified atom stereocenters. The number of carbonyl (C=O) groups excluding carboxylic acids is 3. The van der Waals surface area contributed by atoms with Crippen LogP contribution in [0.4, 0.5) is 4.79 Å². The summed E-state index contributed by atoms with van der Waals surface area (Å²) in [6.45, 7) is 2.46. The molecule has 2 aromatic carbocycles. The van der Waals surface area contributed by atoms with Gasteiger partial charge in [-0.05, 0) is 61.4 Å². The zero-order chi connectivity index (χ0) is 23.2. The minimum Gasteiger partial charge on any atom is -0.462 e. The molecule has 0 spiro atoms. The molecule has 33 heavy (non-hydrogen) atoms. The molecule has 1 saturated heterocycles. The van der Waals surface area contributed by atoms with Gasteiger partial charge in [-0.1, -0.05) is 42.5 Å². The van der Waals surface area contributed by atoms with Gasteiger partial charge in [-0.25, -0.2) is 4.79 Å². The predicted molar refractivity (Wildman–Crippen MR) is 128 cm³/mol. The number of thioether (sulfide) groups is 1. The minimum atomic E-state index is -0.372. The minimum absolute atomic E-state index is 0.263. The van der Waals surface area contributed by atoms with E-state index in [9.17, 15) is 14.4 Å². The summed E-state index contributed by atoms with van der Waals surface area (Å²) in [5.74, 6) is 0.409. The van der Waals surface area contributed by atoms with Crippen LogP contribution in [0.3, 0.4) is 0 Å². The van der Waals surface area contributed by atoms with Crippen molar-refractivity contribution in [3.8, 4) is 11.3 Å². The summed E-state index contributed by atoms with van der Waals surface area (Å²) in [6.07, 6.45) is 3.11. The van der Waals surface area contributed by atoms with Crippen LogP contribution < -0.4 is 0 Å². The quantitative estimate of drug-likeness (QED) is 0.312. The number of hydrogen-bond acceptors (Lipinski definition) is 6. The van der Waals surface area contributed by atoms with Crippen LogP contribution in [-0.2, 0) is 16.0 Å². The van der Waals surface area contributed by atoms with Crippen molar-refractivity contribution in [2.24, 2.45) is 0 Å². The molecule has 0 aliphatic carbocycles. The Labute approximate surface area is 196 Å². The first-order valence-electron chi connectivity index (χ1n) is 10.7. The molecule has 0 radical (unpaired) electrons. The third-order valence-corrected chi connectivity index (χ3v) is 6.05. The maximum atomic E-state index is 12.7. The number of imide groups is 1. The highest BCUT2D eigenvalue weighted by Crippen LogP contribution is 2.33. The van der Waals surface area contributed by atoms with Crippen molar-refractivity contribution >= 4 is 35.0 Å². The lowest BCUT2D eigenvalue weighted by Gasteiger charge is -2.11. The second-order valence-corrected chi connectivity index (χ2v) is 8.42. The molecule has 3 aromatic rings. The number of aryl methyl sites for hydroxylation is 1. The Hall–Kier alpha value is -3.58. The van der Waals surface area contributed by atoms with Gasteiger partial charge < -0.3 is 9.15 Å². The Morgan fingerprint density at radius 3 is 2.52 bits per heavy atom. The van der Waals surface area contributed by atoms with Crippen molar-refractivity contribution in [3.05, 3.63) is 88.5 Å². The van der Waals surface area contributed by atoms with Crippen molar-refractivity contribution in [3.63, 3.8) is 0 Å². The Morgan fingerprint density at radius 1 is 1.03 bits per heavy atom. The molecule has 6 nitrogen and oxygen atoms in total. The number of benzene rings is 2. The maximum Gasteiger partial charge on any atom is 0.338 e. The Bertz CT molecular complexity index is 1180. The predicted octanol–water partition coefficient (Wildman–Crippen LogP) is 5.79. The van der Waals surface area contributed by atoms with Crippen LogP contribution in [0, 0.1) is 0 Å². The lowest BCUT2D eigenvalue weighted by molar-refractivity contribution is -0.122. The monoisotopic (exact) mass is 461 g/mol. The molecular formula is C26H23NO5S. The lowest BCUT2D eigenvalue weighted by atomic mass is 10.1. The highest BCUT2D eigenvalue weighted by Gasteiger charge is 2.34. The van der Waals surface area contributed by atoms with Crippen LogP contribution >= 0.6 is 11.8 Å². The molecule has 1 aromatic heterocycles. The summed E-state index contributed by atoms with van der Waals surface area (Å²) < 4.78 is 10.8. The highest BCUT2D eigenvalue weighted by molar-refractivity contribution is 8.18. The van der Waals surface area contributed by atoms with Gasteiger partial charge in [0.15, 0.2) is 0 Å². The van der Waals surface area contributed by atoms with Gasteiger partial charge in [-0.2, -0.15) is 0 Å². The van der Waals surface area contributed by atoms with E-state index >= 15 is 0 Å². The summed E-state index contributed by atoms with van der Waals surface area (Å²) in [5.41, 5.74) is 2.43. The summed E-state index contributed by atoms with van der Waals surface area (Å²) in [5, 5.41) is -0.263. The van der Waals surface area contributed by atoms with Gasteiger partial charge in [0, 0.05) is 18.2 Å². The third-order valence-electron chi connectivity index (χ3n) is 5.14. The van der Waals surface area contributed by atoms with Gasteiger partial charge in [0.05, 0.1) is 17.1 Å². The van der Waals surface area contributed by atoms with Gasteiger partial charge in [0.2, 0.25) is 0 Å². The third kappa shape index (κ3) is 5.43. The Kier molecular flexibility index (Phi) is 7.10. The molecule has 1 aliphatic heterocycles. The Balaban J connectivity index is 1.39. The molecule has 2 amide bonds. The number of hydrogen-bond donors (Lipinski definition) is 0. The summed E-state index contributed by atoms with van der Waals surface area (Å²) in [4.78, 5) is 38.5. The molecule has 4 rings (SSSR count). The van der Waals surface area contributed by atoms with Crippen LogP contribution in [-0.4, -0.2) is 35.2 Å². The van der Waals surface area contributed by atoms with Crippen molar-refractivity contribution in [1.82, 2.24) is 4.90 Å². The van der Waals surface area contributed by atoms with Crippen LogP contribution in [0.15, 0.2) is 76.1 Å². The van der Waals surface area contributed by atoms with Crippen LogP contribution in [0.25, 0.3) is 17.4 Å². The summed E-state index contributed by atoms with van der Waals surface area (Å²) in [7, 11) is 0. The fourth-order valence-electron chi connectivity index (χ4n) is 3.48. The average molecular weight is 462 g/mol. The normalized spacial score (nSPS) is 14.8. The lowest BCUT2D eigenvalue weighted by Crippen LogP contribution is -2.29. The van der Waals surface area contributed by atoms with Gasteiger partial charge in [-0.3, -0.25) is 14.5 Å². The number of furan rings is 1. The Morgan fingerprint density at radius 2 is 1.79 bits per heavy atom. The molecule has 0 N–H and O–H groups in total. The van der Waals surface area contributed by atoms with E-state index in [-0.39, 0.29) is 17.1 Å². The molecule has 1 fully saturated rings. The topological polar surface area (TPSA) is 76.8 Å². The molecule has 7 heteroatoms. The zero-order valence-electron chi connectivity index (χ0n) is 18.2. The molecule has 1 aliphatic rings. The van der Waals surface area contributed by atoms with Gasteiger partial charge >= 0.3 is 5.97 Å². The fraction of sp³-hybridized carbons (Fsp3) is 0.192. The number of rotatable bonds is 8. The standard InChI is InChI=1S/C26H23NO5S/c1-2-31-25(29)20-12-10-19(11-13-20)22-15-14-21(32-22)17-23-24(28)27(26(30)33-23)16-6-9-18-7-4-3-5-8-18/h3-5,7-8,10-15,17H,2,6,9,16H2,1H3/b23-17+. The SMILES string of the molecule is CCOC(=O)c1ccc(-c2ccc(/C=C3/SC(=O)N(CCCc4ccccc4)C3=O)o2)cc1. The van der Waals surface area contributed by atoms with Crippen molar-refractivity contribution < 1.29 is 23.5 Å². The van der Waals surface area contributed by atoms with Crippen molar-refractivity contribution in [1.29, 1.82) is 0 Å². The average Bonchev–Trinajstić information content (AvgIpc) is 3.40. The first-order valence-corrected chi connectivity index (χ1v) is 11.5. The number of esters is 1. The van der Waals surface area contributed by atoms with Gasteiger partial charge in [0.25, 0.3) is 11.1 Å². The second-order valence-electron chi connectivity index (χ2n) is 7.42. The molecule has 168 valence electrons. The number of ether oxygens (including phenoxy) is 1. The second kappa shape index (κ2) is 10.4. The van der Waals surface area contributed by atoms with E-state index in [4.69, 9.17) is 9.15 Å². The smallest absolute Gasteiger partial charge is 0.338 e. The largest absolute Gasteiger partial charge is 0.462 e. The summed E-state index contributed by atoms with van der Waals surface area (Å²) in [6, 6.07) is 20.4. The number of nitrogens with zero attached hydrogens (tertiary/aromatic N) is 1. The first kappa shape index (κ1) is 22.6. The van der Waals surface area contributed by atoms with E-state index in [1.54, 1.807) is 49.4 Å². The van der Waals surface area contributed by atoms with Crippen molar-refractivity contribution in [2.75, 3.05) is 13.2 Å². The van der Waals surface area contributed by atoms with E-state index < -0.39 is 0 Å². The van der Waals surface area contributed by atoms with Crippen LogP contribution in [0.5, 0.6) is 0 Å². The van der Waals surface area contributed by atoms with E-state index in [0.29, 0.717) is 41.6 Å². The summed E-state index contributed by atoms with van der Waals surface area (Å²) >= 11 is 0.925. The molecule has 0 atom stereocenters. The van der Waals surface area contributed by atoms with E-state index in [1.165, 1.54) is 10.5 Å². The zero-order valence-corrected chi connectivity index (χ0v) is 19.0. The van der Waals surface area contributed by atoms with E-state index in [1.807, 2.05) is 30.3 Å². The molecule has 2 heterocycles. The highest BCUT2D eigenvalue weighted by atomic mass is 32.2. The maximum absolute atomic E-state index is 12.7. The number of amides is 2. The van der Waals surface area contributed by atoms with Crippen molar-refractivity contribution in [2.45, 2.75) is 19.8 Å². The van der Waals surface area contributed by atoms with E-state index in [0.717, 1.165) is 23.7 Å². The fourth-order valence-corrected chi connectivity index (χ4v) is 4.32. The van der Waals surface area contributed by atoms with E-state index in [2.05, 4.69) is 0 Å². The van der Waals surface area contributed by atoms with Crippen LogP contribution in [0.1, 0.15) is 35.0 Å². The molecular weight excluding hydrogens is 438 g/mol. The van der Waals surface area contributed by atoms with Crippen LogP contribution in [0.2, 0.25) is 0 Å². The first-order chi connectivity index (χ1) is 16.0. The molecule has 0 saturated carbocycles. The molecule has 0 bridgehead atoms.